The van der Waals surface area contributed by atoms with Crippen LogP contribution < -0.4 is 0 Å². The average molecular weight is 1740 g/mol. The molecule has 0 N–H and O–H groups in total. The molecule has 656 valence electrons. The first-order valence-corrected chi connectivity index (χ1v) is 44.1. The predicted molar refractivity (Wildman–Crippen MR) is 477 cm³/mol. The lowest BCUT2D eigenvalue weighted by molar-refractivity contribution is -0.133. The smallest absolute Gasteiger partial charge is 0.338 e. The van der Waals surface area contributed by atoms with Crippen LogP contribution in [0.25, 0.3) is 22.7 Å². The van der Waals surface area contributed by atoms with E-state index in [1.54, 1.807) is 86.1 Å². The van der Waals surface area contributed by atoms with Crippen LogP contribution >= 0.6 is 11.8 Å². The van der Waals surface area contributed by atoms with E-state index in [2.05, 4.69) is 92.4 Å². The molecule has 0 saturated carbocycles. The number of nitrogens with zero attached hydrogens (tertiary/aromatic N) is 23. The van der Waals surface area contributed by atoms with Crippen LogP contribution in [0.5, 0.6) is 0 Å². The maximum Gasteiger partial charge on any atom is 0.338 e. The van der Waals surface area contributed by atoms with Gasteiger partial charge in [0.2, 0.25) is 23.6 Å². The van der Waals surface area contributed by atoms with Crippen LogP contribution in [0.15, 0.2) is 219 Å². The first kappa shape index (κ1) is 90.4. The predicted octanol–water partition coefficient (Wildman–Crippen LogP) is 9.94. The molecular weight excluding hydrogens is 1640 g/mol. The third kappa shape index (κ3) is 24.2. The van der Waals surface area contributed by atoms with Gasteiger partial charge in [0.05, 0.1) is 89.1 Å². The highest BCUT2D eigenvalue weighted by molar-refractivity contribution is 7.98. The summed E-state index contributed by atoms with van der Waals surface area (Å²) in [5.74, 6) is -0.370. The average Bonchev–Trinajstić information content (AvgIpc) is 1.66. The van der Waals surface area contributed by atoms with E-state index < -0.39 is 11.6 Å². The van der Waals surface area contributed by atoms with Gasteiger partial charge in [-0.15, -0.1) is 16.9 Å². The van der Waals surface area contributed by atoms with Gasteiger partial charge in [-0.05, 0) is 173 Å². The van der Waals surface area contributed by atoms with Gasteiger partial charge >= 0.3 is 5.97 Å². The van der Waals surface area contributed by atoms with Gasteiger partial charge in [0, 0.05) is 141 Å². The number of hydrogen-bond donors (Lipinski definition) is 0. The first-order valence-electron chi connectivity index (χ1n) is 42.9. The van der Waals surface area contributed by atoms with Crippen molar-refractivity contribution in [3.05, 3.63) is 304 Å². The molecule has 0 radical (unpaired) electrons. The van der Waals surface area contributed by atoms with Crippen LogP contribution in [-0.2, 0) is 75.5 Å². The summed E-state index contributed by atoms with van der Waals surface area (Å²) in [4.78, 5) is 92.9. The Morgan fingerprint density at radius 2 is 0.898 bits per heavy atom. The molecule has 9 heterocycles. The maximum absolute atomic E-state index is 14.2. The van der Waals surface area contributed by atoms with Crippen LogP contribution in [-0.4, -0.2) is 265 Å². The minimum Gasteiger partial charge on any atom is -0.457 e. The summed E-state index contributed by atoms with van der Waals surface area (Å²) >= 11 is 1.68. The third-order valence-corrected chi connectivity index (χ3v) is 24.8. The maximum atomic E-state index is 14.2. The number of ether oxygens (including phenoxy) is 1. The zero-order chi connectivity index (χ0) is 89.3. The molecule has 4 aromatic heterocycles. The second-order valence-corrected chi connectivity index (χ2v) is 32.9. The number of rotatable bonds is 25. The lowest BCUT2D eigenvalue weighted by Gasteiger charge is -2.36. The minimum atomic E-state index is -0.483. The molecule has 4 fully saturated rings. The molecule has 0 bridgehead atoms. The fourth-order valence-corrected chi connectivity index (χ4v) is 17.1. The van der Waals surface area contributed by atoms with Crippen molar-refractivity contribution in [3.63, 3.8) is 0 Å². The van der Waals surface area contributed by atoms with Crippen molar-refractivity contribution in [1.82, 2.24) is 98.5 Å². The summed E-state index contributed by atoms with van der Waals surface area (Å²) in [6.07, 6.45) is 18.8. The second-order valence-electron chi connectivity index (χ2n) is 32.1. The molecule has 0 spiro atoms. The normalized spacial score (nSPS) is 15.0. The standard InChI is InChI=1S/C25H27N5O3S.C24H25FN6O.C24H26N6O.C23H23FN6O/c1-34-24-19(4-7-21-22(24)15-33-25(21)32)8-9-28-10-12-29(13-11-28)23(31)14-18-2-5-20(6-3-18)30-17-26-16-27-30;1-18(20-4-7-23(25)21(15-20)16-26)17-29-10-12-30(13-11-29)24(32)14-19-2-5-22(6-3-19)31-9-8-27-28-31;1-19-2-3-21(16-25)14-22(19)8-9-28-10-12-29(13-11-28)24(31)15-20-4-6-23(7-5-20)30-18-26-17-27-30;24-23-19(2-1-3-20(23)15-25)8-9-28-10-12-29(13-11-28)22(31)14-18-4-6-21(7-5-18)30-17-26-16-27-30/h2-7,16-17H,8-15H2,1H3;2-9,15,18H,10-14,17H2,1H3;2-7,14,17-18H,8-13,15H2,1H3;1-7,16-17H,8-14H2. The summed E-state index contributed by atoms with van der Waals surface area (Å²) in [7, 11) is 0. The molecule has 5 aliphatic rings. The zero-order valence-corrected chi connectivity index (χ0v) is 72.8. The van der Waals surface area contributed by atoms with E-state index in [0.29, 0.717) is 88.1 Å². The summed E-state index contributed by atoms with van der Waals surface area (Å²) in [5.41, 5.74) is 15.4. The van der Waals surface area contributed by atoms with E-state index in [0.717, 1.165) is 167 Å². The van der Waals surface area contributed by atoms with Crippen LogP contribution in [0.2, 0.25) is 0 Å². The van der Waals surface area contributed by atoms with Gasteiger partial charge in [-0.2, -0.15) is 31.1 Å². The van der Waals surface area contributed by atoms with Crippen LogP contribution in [0, 0.1) is 52.6 Å². The third-order valence-electron chi connectivity index (χ3n) is 23.9. The molecule has 12 aromatic rings. The number of aryl methyl sites for hydroxylation is 1. The summed E-state index contributed by atoms with van der Waals surface area (Å²) in [6, 6.07) is 56.7. The van der Waals surface area contributed by atoms with Crippen LogP contribution in [0.4, 0.5) is 8.78 Å². The number of carbonyl (C=O) groups excluding carboxylic acids is 5. The van der Waals surface area contributed by atoms with Crippen molar-refractivity contribution in [1.29, 1.82) is 15.8 Å². The van der Waals surface area contributed by atoms with Crippen molar-refractivity contribution in [2.75, 3.05) is 137 Å². The van der Waals surface area contributed by atoms with E-state index in [4.69, 9.17) is 20.5 Å². The molecule has 1 unspecified atom stereocenters. The van der Waals surface area contributed by atoms with Gasteiger partial charge in [0.1, 0.15) is 68.3 Å². The molecular formula is C96H101F2N23O6S. The lowest BCUT2D eigenvalue weighted by Crippen LogP contribution is -2.49. The molecule has 4 saturated heterocycles. The van der Waals surface area contributed by atoms with Gasteiger partial charge in [0.25, 0.3) is 0 Å². The number of piperazine rings is 4. The highest BCUT2D eigenvalue weighted by atomic mass is 32.2. The van der Waals surface area contributed by atoms with Gasteiger partial charge in [-0.25, -0.2) is 47.3 Å². The molecule has 8 aromatic carbocycles. The fourth-order valence-electron chi connectivity index (χ4n) is 16.2. The Morgan fingerprint density at radius 1 is 0.469 bits per heavy atom. The number of halogens is 2. The Bertz CT molecular complexity index is 5720. The number of benzene rings is 8. The first-order chi connectivity index (χ1) is 62.4. The summed E-state index contributed by atoms with van der Waals surface area (Å²) < 4.78 is 39.7. The van der Waals surface area contributed by atoms with Crippen molar-refractivity contribution in [3.8, 4) is 41.0 Å². The largest absolute Gasteiger partial charge is 0.457 e. The molecule has 0 aliphatic carbocycles. The molecule has 29 nitrogen and oxygen atoms in total. The van der Waals surface area contributed by atoms with Crippen molar-refractivity contribution in [2.45, 2.75) is 76.2 Å². The fraction of sp³-hybridized carbons (Fsp3) is 0.333. The van der Waals surface area contributed by atoms with Gasteiger partial charge < -0.3 is 24.3 Å². The molecule has 4 amide bonds. The van der Waals surface area contributed by atoms with Gasteiger partial charge in [0.15, 0.2) is 0 Å². The minimum absolute atomic E-state index is 0.0825. The molecule has 128 heavy (non-hydrogen) atoms. The molecule has 32 heteroatoms. The number of carbonyl (C=O) groups is 5. The number of cyclic esters (lactones) is 1. The van der Waals surface area contributed by atoms with E-state index in [9.17, 15) is 32.8 Å². The quantitative estimate of drug-likeness (QED) is 0.0379. The Kier molecular flexibility index (Phi) is 31.3. The van der Waals surface area contributed by atoms with Crippen LogP contribution in [0.3, 0.4) is 0 Å². The van der Waals surface area contributed by atoms with Gasteiger partial charge in [-0.1, -0.05) is 91.0 Å². The summed E-state index contributed by atoms with van der Waals surface area (Å²) in [6.45, 7) is 20.3. The number of amides is 4. The summed E-state index contributed by atoms with van der Waals surface area (Å²) in [5, 5.41) is 47.2. The zero-order valence-electron chi connectivity index (χ0n) is 72.0. The van der Waals surface area contributed by atoms with E-state index in [-0.39, 0.29) is 46.6 Å². The topological polar surface area (TPSA) is 315 Å². The highest BCUT2D eigenvalue weighted by Gasteiger charge is 2.30. The lowest BCUT2D eigenvalue weighted by atomic mass is 9.98. The van der Waals surface area contributed by atoms with Crippen molar-refractivity contribution >= 4 is 41.4 Å². The number of nitriles is 3. The van der Waals surface area contributed by atoms with E-state index >= 15 is 0 Å². The Balaban J connectivity index is 0.000000138. The number of fused-ring (bicyclic) bond motifs is 1. The van der Waals surface area contributed by atoms with Crippen molar-refractivity contribution in [2.24, 2.45) is 0 Å². The monoisotopic (exact) mass is 1740 g/mol. The highest BCUT2D eigenvalue weighted by Crippen LogP contribution is 2.34. The second kappa shape index (κ2) is 44.4. The number of hydrogen-bond acceptors (Lipinski definition) is 22. The number of esters is 1. The van der Waals surface area contributed by atoms with Crippen molar-refractivity contribution < 1.29 is 37.5 Å². The van der Waals surface area contributed by atoms with E-state index in [1.807, 2.05) is 153 Å². The van der Waals surface area contributed by atoms with Crippen LogP contribution in [0.1, 0.15) is 95.5 Å². The van der Waals surface area contributed by atoms with Gasteiger partial charge in [-0.3, -0.25) is 38.8 Å². The molecule has 17 rings (SSSR count). The number of thioether (sulfide) groups is 1. The Labute approximate surface area is 747 Å². The Hall–Kier alpha value is -13.8. The molecule has 5 aliphatic heterocycles. The Morgan fingerprint density at radius 3 is 1.30 bits per heavy atom. The molecule has 1 atom stereocenters. The van der Waals surface area contributed by atoms with E-state index in [1.165, 1.54) is 52.7 Å². The SMILES string of the molecule is CC(CN1CCN(C(=O)Cc2ccc(-n3ccnn3)cc2)CC1)c1ccc(F)c(C#N)c1.CSc1c(CCN2CCN(C(=O)Cc3ccc(-n4cncn4)cc3)CC2)ccc2c1COC2=O.Cc1ccc(C#N)cc1CCN1CCN(C(=O)Cc2ccc(-n3cncn3)cc2)CC1.N#Cc1cccc(CCN2CCN(C(=O)Cc3ccc(-n4cncn4)cc3)CC2)c1F. The number of aromatic nitrogens is 12.